The Morgan fingerprint density at radius 1 is 0.963 bits per heavy atom. The van der Waals surface area contributed by atoms with Crippen molar-refractivity contribution in [1.29, 1.82) is 0 Å². The Kier molecular flexibility index (Phi) is 6.66. The van der Waals surface area contributed by atoms with E-state index in [0.29, 0.717) is 29.1 Å². The van der Waals surface area contributed by atoms with E-state index in [1.54, 1.807) is 19.1 Å². The number of rotatable bonds is 9. The molecule has 3 aromatic rings. The van der Waals surface area contributed by atoms with Gasteiger partial charge in [0.15, 0.2) is 5.43 Å². The Morgan fingerprint density at radius 3 is 2.48 bits per heavy atom. The first-order chi connectivity index (χ1) is 13.2. The maximum Gasteiger partial charge on any atom is 0.292 e. The van der Waals surface area contributed by atoms with Crippen LogP contribution in [-0.4, -0.2) is 13.2 Å². The highest BCUT2D eigenvalue weighted by atomic mass is 16.6. The van der Waals surface area contributed by atoms with Crippen molar-refractivity contribution in [3.8, 4) is 5.95 Å². The zero-order valence-electron chi connectivity index (χ0n) is 16.0. The normalized spacial score (nSPS) is 11.0. The van der Waals surface area contributed by atoms with Crippen LogP contribution in [0, 0.1) is 6.92 Å². The van der Waals surface area contributed by atoms with Crippen molar-refractivity contribution in [2.75, 3.05) is 13.2 Å². The third kappa shape index (κ3) is 4.98. The monoisotopic (exact) mass is 366 g/mol. The number of para-hydroxylation sites is 1. The summed E-state index contributed by atoms with van der Waals surface area (Å²) >= 11 is 0. The molecule has 0 aliphatic heterocycles. The van der Waals surface area contributed by atoms with E-state index in [1.165, 1.54) is 5.56 Å². The highest BCUT2D eigenvalue weighted by Crippen LogP contribution is 2.22. The van der Waals surface area contributed by atoms with E-state index in [-0.39, 0.29) is 5.43 Å². The van der Waals surface area contributed by atoms with E-state index in [0.717, 1.165) is 38.0 Å². The predicted molar refractivity (Wildman–Crippen MR) is 107 cm³/mol. The van der Waals surface area contributed by atoms with Crippen LogP contribution in [0.5, 0.6) is 5.95 Å². The molecule has 27 heavy (non-hydrogen) atoms. The summed E-state index contributed by atoms with van der Waals surface area (Å²) in [7, 11) is 0. The summed E-state index contributed by atoms with van der Waals surface area (Å²) in [6, 6.07) is 15.6. The summed E-state index contributed by atoms with van der Waals surface area (Å²) < 4.78 is 16.9. The SMILES string of the molecule is CCOCCCCc1ccc(COc2oc3ccccc3c(=O)c2C)cc1. The first-order valence-electron chi connectivity index (χ1n) is 9.50. The summed E-state index contributed by atoms with van der Waals surface area (Å²) in [5.74, 6) is 0.290. The molecule has 0 fully saturated rings. The first-order valence-corrected chi connectivity index (χ1v) is 9.50. The van der Waals surface area contributed by atoms with Gasteiger partial charge in [-0.1, -0.05) is 36.4 Å². The molecule has 0 saturated heterocycles. The zero-order chi connectivity index (χ0) is 19.1. The Bertz CT molecular complexity index is 925. The lowest BCUT2D eigenvalue weighted by atomic mass is 10.1. The number of aryl methyl sites for hydroxylation is 1. The van der Waals surface area contributed by atoms with Crippen molar-refractivity contribution < 1.29 is 13.9 Å². The van der Waals surface area contributed by atoms with Crippen molar-refractivity contribution in [2.24, 2.45) is 0 Å². The summed E-state index contributed by atoms with van der Waals surface area (Å²) in [5.41, 5.74) is 3.35. The van der Waals surface area contributed by atoms with Gasteiger partial charge in [-0.3, -0.25) is 4.79 Å². The van der Waals surface area contributed by atoms with E-state index < -0.39 is 0 Å². The van der Waals surface area contributed by atoms with Gasteiger partial charge in [0.05, 0.1) is 10.9 Å². The number of fused-ring (bicyclic) bond motifs is 1. The fraction of sp³-hybridized carbons (Fsp3) is 0.348. The van der Waals surface area contributed by atoms with Gasteiger partial charge < -0.3 is 13.9 Å². The minimum atomic E-state index is -0.0470. The van der Waals surface area contributed by atoms with Crippen LogP contribution in [0.15, 0.2) is 57.7 Å². The lowest BCUT2D eigenvalue weighted by Crippen LogP contribution is -2.08. The molecule has 2 aromatic carbocycles. The molecule has 0 radical (unpaired) electrons. The molecule has 0 saturated carbocycles. The number of benzene rings is 2. The third-order valence-corrected chi connectivity index (χ3v) is 4.58. The van der Waals surface area contributed by atoms with Crippen molar-refractivity contribution in [2.45, 2.75) is 39.7 Å². The molecule has 4 nitrogen and oxygen atoms in total. The molecule has 142 valence electrons. The molecule has 0 unspecified atom stereocenters. The minimum absolute atomic E-state index is 0.0470. The fourth-order valence-electron chi connectivity index (χ4n) is 2.98. The molecule has 0 bridgehead atoms. The van der Waals surface area contributed by atoms with Crippen LogP contribution < -0.4 is 10.2 Å². The molecule has 4 heteroatoms. The van der Waals surface area contributed by atoms with Gasteiger partial charge in [0.25, 0.3) is 5.95 Å². The predicted octanol–water partition coefficient (Wildman–Crippen LogP) is 5.04. The average molecular weight is 366 g/mol. The minimum Gasteiger partial charge on any atom is -0.460 e. The molecule has 0 amide bonds. The summed E-state index contributed by atoms with van der Waals surface area (Å²) in [5, 5.41) is 0.580. The highest BCUT2D eigenvalue weighted by molar-refractivity contribution is 5.77. The number of unbranched alkanes of at least 4 members (excludes halogenated alkanes) is 1. The topological polar surface area (TPSA) is 48.7 Å². The van der Waals surface area contributed by atoms with Crippen LogP contribution >= 0.6 is 0 Å². The Balaban J connectivity index is 1.59. The second-order valence-corrected chi connectivity index (χ2v) is 6.60. The molecule has 3 rings (SSSR count). The van der Waals surface area contributed by atoms with Crippen molar-refractivity contribution in [3.63, 3.8) is 0 Å². The van der Waals surface area contributed by atoms with Crippen LogP contribution in [0.4, 0.5) is 0 Å². The summed E-state index contributed by atoms with van der Waals surface area (Å²) in [6.07, 6.45) is 3.25. The fourth-order valence-corrected chi connectivity index (χ4v) is 2.98. The molecule has 0 atom stereocenters. The highest BCUT2D eigenvalue weighted by Gasteiger charge is 2.11. The zero-order valence-corrected chi connectivity index (χ0v) is 16.0. The van der Waals surface area contributed by atoms with Crippen molar-refractivity contribution >= 4 is 11.0 Å². The molecular formula is C23H26O4. The molecule has 1 heterocycles. The molecule has 0 aliphatic rings. The van der Waals surface area contributed by atoms with E-state index in [1.807, 2.05) is 19.1 Å². The van der Waals surface area contributed by atoms with Crippen LogP contribution in [0.2, 0.25) is 0 Å². The van der Waals surface area contributed by atoms with E-state index in [4.69, 9.17) is 13.9 Å². The van der Waals surface area contributed by atoms with Gasteiger partial charge in [-0.05, 0) is 56.4 Å². The Labute approximate surface area is 159 Å². The average Bonchev–Trinajstić information content (AvgIpc) is 2.70. The molecule has 0 aliphatic carbocycles. The standard InChI is InChI=1S/C23H26O4/c1-3-25-15-7-6-8-18-11-13-19(14-12-18)16-26-23-17(2)22(24)20-9-4-5-10-21(20)27-23/h4-5,9-14H,3,6-8,15-16H2,1-2H3. The van der Waals surface area contributed by atoms with Gasteiger partial charge in [0.1, 0.15) is 12.2 Å². The first kappa shape index (κ1) is 19.2. The Hall–Kier alpha value is -2.59. The lowest BCUT2D eigenvalue weighted by molar-refractivity contribution is 0.143. The molecule has 0 spiro atoms. The number of ether oxygens (including phenoxy) is 2. The van der Waals surface area contributed by atoms with Gasteiger partial charge >= 0.3 is 0 Å². The van der Waals surface area contributed by atoms with Crippen LogP contribution in [-0.2, 0) is 17.8 Å². The quantitative estimate of drug-likeness (QED) is 0.498. The number of hydrogen-bond donors (Lipinski definition) is 0. The van der Waals surface area contributed by atoms with E-state index in [2.05, 4.69) is 24.3 Å². The molecule has 1 aromatic heterocycles. The summed E-state index contributed by atoms with van der Waals surface area (Å²) in [6.45, 7) is 5.74. The maximum absolute atomic E-state index is 12.4. The van der Waals surface area contributed by atoms with Gasteiger partial charge in [0, 0.05) is 13.2 Å². The number of hydrogen-bond acceptors (Lipinski definition) is 4. The van der Waals surface area contributed by atoms with E-state index in [9.17, 15) is 4.79 Å². The van der Waals surface area contributed by atoms with Gasteiger partial charge in [-0.15, -0.1) is 0 Å². The maximum atomic E-state index is 12.4. The van der Waals surface area contributed by atoms with Crippen molar-refractivity contribution in [1.82, 2.24) is 0 Å². The van der Waals surface area contributed by atoms with Crippen molar-refractivity contribution in [3.05, 3.63) is 75.4 Å². The molecular weight excluding hydrogens is 340 g/mol. The van der Waals surface area contributed by atoms with Gasteiger partial charge in [-0.25, -0.2) is 0 Å². The van der Waals surface area contributed by atoms with Gasteiger partial charge in [-0.2, -0.15) is 0 Å². The van der Waals surface area contributed by atoms with E-state index >= 15 is 0 Å². The van der Waals surface area contributed by atoms with Crippen LogP contribution in [0.25, 0.3) is 11.0 Å². The Morgan fingerprint density at radius 2 is 1.70 bits per heavy atom. The second-order valence-electron chi connectivity index (χ2n) is 6.60. The summed E-state index contributed by atoms with van der Waals surface area (Å²) in [4.78, 5) is 12.4. The van der Waals surface area contributed by atoms with Crippen LogP contribution in [0.1, 0.15) is 36.5 Å². The van der Waals surface area contributed by atoms with Crippen LogP contribution in [0.3, 0.4) is 0 Å². The third-order valence-electron chi connectivity index (χ3n) is 4.58. The largest absolute Gasteiger partial charge is 0.460 e. The lowest BCUT2D eigenvalue weighted by Gasteiger charge is -2.09. The molecule has 0 N–H and O–H groups in total. The second kappa shape index (κ2) is 9.38. The van der Waals surface area contributed by atoms with Gasteiger partial charge in [0.2, 0.25) is 0 Å². The smallest absolute Gasteiger partial charge is 0.292 e.